The summed E-state index contributed by atoms with van der Waals surface area (Å²) in [5, 5.41) is 15.5. The van der Waals surface area contributed by atoms with Crippen LogP contribution in [0.3, 0.4) is 0 Å². The molecular formula is C12H24N2O3. The Bertz CT molecular complexity index is 218. The van der Waals surface area contributed by atoms with Gasteiger partial charge in [0, 0.05) is 20.1 Å². The van der Waals surface area contributed by atoms with E-state index in [0.717, 1.165) is 25.9 Å². The van der Waals surface area contributed by atoms with E-state index in [0.29, 0.717) is 31.9 Å². The van der Waals surface area contributed by atoms with E-state index in [2.05, 4.69) is 10.6 Å². The molecule has 17 heavy (non-hydrogen) atoms. The third kappa shape index (κ3) is 6.61. The number of piperidine rings is 1. The number of methoxy groups -OCH3 is 1. The smallest absolute Gasteiger partial charge is 0.220 e. The van der Waals surface area contributed by atoms with Crippen LogP contribution >= 0.6 is 0 Å². The Balaban J connectivity index is 2.04. The zero-order chi connectivity index (χ0) is 12.5. The number of carbonyl (C=O) groups is 1. The summed E-state index contributed by atoms with van der Waals surface area (Å²) in [6.07, 6.45) is 2.93. The van der Waals surface area contributed by atoms with Gasteiger partial charge in [0.15, 0.2) is 0 Å². The molecule has 0 aromatic rings. The second-order valence-corrected chi connectivity index (χ2v) is 4.66. The highest BCUT2D eigenvalue weighted by Gasteiger charge is 2.16. The van der Waals surface area contributed by atoms with Crippen LogP contribution in [-0.2, 0) is 9.53 Å². The predicted molar refractivity (Wildman–Crippen MR) is 65.7 cm³/mol. The molecule has 0 aromatic carbocycles. The van der Waals surface area contributed by atoms with Crippen molar-refractivity contribution < 1.29 is 14.6 Å². The van der Waals surface area contributed by atoms with Crippen molar-refractivity contribution in [1.82, 2.24) is 10.6 Å². The molecule has 3 N–H and O–H groups in total. The fourth-order valence-electron chi connectivity index (χ4n) is 2.09. The van der Waals surface area contributed by atoms with Gasteiger partial charge < -0.3 is 20.5 Å². The maximum absolute atomic E-state index is 11.6. The quantitative estimate of drug-likeness (QED) is 0.584. The molecule has 1 amide bonds. The number of aliphatic hydroxyl groups is 1. The molecule has 0 spiro atoms. The maximum atomic E-state index is 11.6. The minimum absolute atomic E-state index is 0.0864. The highest BCUT2D eigenvalue weighted by molar-refractivity contribution is 5.76. The Labute approximate surface area is 103 Å². The van der Waals surface area contributed by atoms with Crippen molar-refractivity contribution in [3.8, 4) is 0 Å². The van der Waals surface area contributed by atoms with Crippen molar-refractivity contribution in [3.63, 3.8) is 0 Å². The summed E-state index contributed by atoms with van der Waals surface area (Å²) in [6.45, 7) is 2.85. The summed E-state index contributed by atoms with van der Waals surface area (Å²) in [5.41, 5.74) is 0. The van der Waals surface area contributed by atoms with E-state index in [1.807, 2.05) is 0 Å². The standard InChI is InChI=1S/C12H24N2O3/c1-17-9-11(15)4-6-14-12(16)7-10-3-2-5-13-8-10/h10-11,13,15H,2-9H2,1H3,(H,14,16). The molecule has 1 aliphatic heterocycles. The van der Waals surface area contributed by atoms with Crippen molar-refractivity contribution in [2.75, 3.05) is 33.4 Å². The molecule has 1 fully saturated rings. The molecule has 0 saturated carbocycles. The van der Waals surface area contributed by atoms with Crippen molar-refractivity contribution in [3.05, 3.63) is 0 Å². The molecule has 1 rings (SSSR count). The van der Waals surface area contributed by atoms with Gasteiger partial charge in [-0.1, -0.05) is 0 Å². The minimum atomic E-state index is -0.489. The van der Waals surface area contributed by atoms with Gasteiger partial charge in [0.05, 0.1) is 12.7 Å². The van der Waals surface area contributed by atoms with Gasteiger partial charge in [-0.2, -0.15) is 0 Å². The molecule has 0 radical (unpaired) electrons. The number of carbonyl (C=O) groups excluding carboxylic acids is 1. The van der Waals surface area contributed by atoms with E-state index in [1.165, 1.54) is 0 Å². The molecule has 5 heteroatoms. The second-order valence-electron chi connectivity index (χ2n) is 4.66. The van der Waals surface area contributed by atoms with Gasteiger partial charge in [-0.25, -0.2) is 0 Å². The number of amides is 1. The van der Waals surface area contributed by atoms with E-state index in [9.17, 15) is 9.90 Å². The average molecular weight is 244 g/mol. The van der Waals surface area contributed by atoms with Crippen molar-refractivity contribution in [2.45, 2.75) is 31.8 Å². The topological polar surface area (TPSA) is 70.6 Å². The SMILES string of the molecule is COCC(O)CCNC(=O)CC1CCCNC1. The molecule has 1 heterocycles. The van der Waals surface area contributed by atoms with Gasteiger partial charge in [0.25, 0.3) is 0 Å². The molecule has 0 aromatic heterocycles. The second kappa shape index (κ2) is 8.44. The van der Waals surface area contributed by atoms with E-state index >= 15 is 0 Å². The first-order valence-electron chi connectivity index (χ1n) is 6.36. The Morgan fingerprint density at radius 3 is 3.12 bits per heavy atom. The van der Waals surface area contributed by atoms with Gasteiger partial charge in [-0.05, 0) is 38.3 Å². The van der Waals surface area contributed by atoms with Crippen molar-refractivity contribution >= 4 is 5.91 Å². The normalized spacial score (nSPS) is 22.1. The van der Waals surface area contributed by atoms with Crippen LogP contribution in [0.2, 0.25) is 0 Å². The predicted octanol–water partition coefficient (Wildman–Crippen LogP) is -0.110. The lowest BCUT2D eigenvalue weighted by atomic mass is 9.96. The molecule has 2 unspecified atom stereocenters. The van der Waals surface area contributed by atoms with E-state index in [1.54, 1.807) is 7.11 Å². The molecule has 1 saturated heterocycles. The zero-order valence-electron chi connectivity index (χ0n) is 10.6. The van der Waals surface area contributed by atoms with Gasteiger partial charge >= 0.3 is 0 Å². The number of aliphatic hydroxyl groups excluding tert-OH is 1. The molecule has 0 aliphatic carbocycles. The summed E-state index contributed by atoms with van der Waals surface area (Å²) in [7, 11) is 1.55. The highest BCUT2D eigenvalue weighted by Crippen LogP contribution is 2.13. The lowest BCUT2D eigenvalue weighted by Gasteiger charge is -2.22. The van der Waals surface area contributed by atoms with Gasteiger partial charge in [0.2, 0.25) is 5.91 Å². The largest absolute Gasteiger partial charge is 0.391 e. The fraction of sp³-hybridized carbons (Fsp3) is 0.917. The van der Waals surface area contributed by atoms with Gasteiger partial charge in [-0.15, -0.1) is 0 Å². The van der Waals surface area contributed by atoms with Crippen LogP contribution in [0.4, 0.5) is 0 Å². The van der Waals surface area contributed by atoms with Crippen LogP contribution in [0.15, 0.2) is 0 Å². The first kappa shape index (κ1) is 14.4. The van der Waals surface area contributed by atoms with Crippen molar-refractivity contribution in [1.29, 1.82) is 0 Å². The number of ether oxygens (including phenoxy) is 1. The van der Waals surface area contributed by atoms with Crippen LogP contribution in [0, 0.1) is 5.92 Å². The zero-order valence-corrected chi connectivity index (χ0v) is 10.6. The van der Waals surface area contributed by atoms with E-state index in [-0.39, 0.29) is 5.91 Å². The monoisotopic (exact) mass is 244 g/mol. The van der Waals surface area contributed by atoms with Crippen molar-refractivity contribution in [2.24, 2.45) is 5.92 Å². The van der Waals surface area contributed by atoms with E-state index < -0.39 is 6.10 Å². The van der Waals surface area contributed by atoms with Crippen LogP contribution in [-0.4, -0.2) is 50.5 Å². The molecule has 100 valence electrons. The first-order chi connectivity index (χ1) is 8.22. The molecule has 5 nitrogen and oxygen atoms in total. The number of hydrogen-bond acceptors (Lipinski definition) is 4. The first-order valence-corrected chi connectivity index (χ1v) is 6.36. The summed E-state index contributed by atoms with van der Waals surface area (Å²) in [5.74, 6) is 0.552. The molecule has 2 atom stereocenters. The fourth-order valence-corrected chi connectivity index (χ4v) is 2.09. The number of nitrogens with one attached hydrogen (secondary N) is 2. The van der Waals surface area contributed by atoms with Crippen LogP contribution in [0.1, 0.15) is 25.7 Å². The number of hydrogen-bond donors (Lipinski definition) is 3. The maximum Gasteiger partial charge on any atom is 0.220 e. The highest BCUT2D eigenvalue weighted by atomic mass is 16.5. The Hall–Kier alpha value is -0.650. The summed E-state index contributed by atoms with van der Waals surface area (Å²) in [4.78, 5) is 11.6. The van der Waals surface area contributed by atoms with Crippen LogP contribution in [0.25, 0.3) is 0 Å². The molecule has 0 bridgehead atoms. The lowest BCUT2D eigenvalue weighted by Crippen LogP contribution is -2.35. The molecular weight excluding hydrogens is 220 g/mol. The Kier molecular flexibility index (Phi) is 7.16. The van der Waals surface area contributed by atoms with Crippen LogP contribution < -0.4 is 10.6 Å². The van der Waals surface area contributed by atoms with Gasteiger partial charge in [-0.3, -0.25) is 4.79 Å². The lowest BCUT2D eigenvalue weighted by molar-refractivity contribution is -0.122. The van der Waals surface area contributed by atoms with Gasteiger partial charge in [0.1, 0.15) is 0 Å². The number of rotatable bonds is 7. The summed E-state index contributed by atoms with van der Waals surface area (Å²) >= 11 is 0. The minimum Gasteiger partial charge on any atom is -0.391 e. The summed E-state index contributed by atoms with van der Waals surface area (Å²) < 4.78 is 4.81. The average Bonchev–Trinajstić information content (AvgIpc) is 2.30. The van der Waals surface area contributed by atoms with E-state index in [4.69, 9.17) is 4.74 Å². The Morgan fingerprint density at radius 1 is 1.65 bits per heavy atom. The third-order valence-electron chi connectivity index (χ3n) is 3.03. The Morgan fingerprint density at radius 2 is 2.47 bits per heavy atom. The third-order valence-corrected chi connectivity index (χ3v) is 3.03. The molecule has 1 aliphatic rings. The summed E-state index contributed by atoms with van der Waals surface area (Å²) in [6, 6.07) is 0. The van der Waals surface area contributed by atoms with Crippen LogP contribution in [0.5, 0.6) is 0 Å².